The summed E-state index contributed by atoms with van der Waals surface area (Å²) in [6.07, 6.45) is 5.13. The van der Waals surface area contributed by atoms with Gasteiger partial charge in [-0.15, -0.1) is 0 Å². The molecule has 2 aromatic rings. The Bertz CT molecular complexity index is 673. The number of unbranched alkanes of at least 4 members (excludes halogenated alkanes) is 2. The second-order valence-electron chi connectivity index (χ2n) is 5.48. The van der Waals surface area contributed by atoms with E-state index in [2.05, 4.69) is 22.5 Å². The lowest BCUT2D eigenvalue weighted by Gasteiger charge is -2.09. The monoisotopic (exact) mass is 331 g/mol. The molecule has 5 heteroatoms. The van der Waals surface area contributed by atoms with E-state index in [4.69, 9.17) is 11.6 Å². The first-order chi connectivity index (χ1) is 11.1. The third kappa shape index (κ3) is 5.25. The number of nitrogens with zero attached hydrogens (tertiary/aromatic N) is 1. The zero-order chi connectivity index (χ0) is 16.7. The molecular formula is C18H22ClN3O. The highest BCUT2D eigenvalue weighted by Crippen LogP contribution is 2.20. The second kappa shape index (κ2) is 8.53. The Kier molecular flexibility index (Phi) is 6.41. The standard InChI is InChI=1S/C18H22ClN3O/c1-3-4-5-9-20-14-8-10-21-17(12-14)18(23)22-15-7-6-13(2)16(19)11-15/h6-8,10-12H,3-5,9H2,1-2H3,(H,20,21)(H,22,23). The number of pyridine rings is 1. The van der Waals surface area contributed by atoms with Crippen molar-refractivity contribution in [3.05, 3.63) is 52.8 Å². The zero-order valence-corrected chi connectivity index (χ0v) is 14.3. The number of carbonyl (C=O) groups is 1. The maximum absolute atomic E-state index is 12.3. The quantitative estimate of drug-likeness (QED) is 0.710. The molecule has 4 nitrogen and oxygen atoms in total. The fourth-order valence-electron chi connectivity index (χ4n) is 2.14. The summed E-state index contributed by atoms with van der Waals surface area (Å²) in [7, 11) is 0. The van der Waals surface area contributed by atoms with Crippen molar-refractivity contribution in [2.24, 2.45) is 0 Å². The molecule has 2 N–H and O–H groups in total. The maximum atomic E-state index is 12.3. The van der Waals surface area contributed by atoms with Gasteiger partial charge in [0.2, 0.25) is 0 Å². The van der Waals surface area contributed by atoms with Gasteiger partial charge < -0.3 is 10.6 Å². The van der Waals surface area contributed by atoms with Crippen molar-refractivity contribution in [2.75, 3.05) is 17.2 Å². The number of carbonyl (C=O) groups excluding carboxylic acids is 1. The smallest absolute Gasteiger partial charge is 0.274 e. The summed E-state index contributed by atoms with van der Waals surface area (Å²) in [6, 6.07) is 9.06. The van der Waals surface area contributed by atoms with Crippen LogP contribution in [0.4, 0.5) is 11.4 Å². The molecule has 2 rings (SSSR count). The summed E-state index contributed by atoms with van der Waals surface area (Å²) in [4.78, 5) is 16.4. The van der Waals surface area contributed by atoms with Crippen LogP contribution in [-0.4, -0.2) is 17.4 Å². The van der Waals surface area contributed by atoms with Gasteiger partial charge in [0.25, 0.3) is 5.91 Å². The minimum atomic E-state index is -0.248. The Morgan fingerprint density at radius 2 is 2.00 bits per heavy atom. The molecule has 0 atom stereocenters. The molecule has 0 spiro atoms. The highest BCUT2D eigenvalue weighted by molar-refractivity contribution is 6.31. The second-order valence-corrected chi connectivity index (χ2v) is 5.89. The molecule has 1 aromatic carbocycles. The van der Waals surface area contributed by atoms with Gasteiger partial charge in [0.15, 0.2) is 0 Å². The molecule has 0 bridgehead atoms. The largest absolute Gasteiger partial charge is 0.385 e. The van der Waals surface area contributed by atoms with E-state index in [1.807, 2.05) is 25.1 Å². The number of hydrogen-bond acceptors (Lipinski definition) is 3. The van der Waals surface area contributed by atoms with Gasteiger partial charge in [-0.2, -0.15) is 0 Å². The normalized spacial score (nSPS) is 10.4. The molecule has 0 saturated carbocycles. The van der Waals surface area contributed by atoms with Crippen molar-refractivity contribution in [3.8, 4) is 0 Å². The summed E-state index contributed by atoms with van der Waals surface area (Å²) < 4.78 is 0. The number of benzene rings is 1. The van der Waals surface area contributed by atoms with Crippen LogP contribution in [0.2, 0.25) is 5.02 Å². The van der Waals surface area contributed by atoms with E-state index in [0.29, 0.717) is 16.4 Å². The lowest BCUT2D eigenvalue weighted by Crippen LogP contribution is -2.14. The average Bonchev–Trinajstić information content (AvgIpc) is 2.55. The molecule has 0 radical (unpaired) electrons. The van der Waals surface area contributed by atoms with Gasteiger partial charge in [-0.25, -0.2) is 0 Å². The Balaban J connectivity index is 2.00. The Hall–Kier alpha value is -2.07. The van der Waals surface area contributed by atoms with Crippen LogP contribution in [0.25, 0.3) is 0 Å². The van der Waals surface area contributed by atoms with Gasteiger partial charge in [0, 0.05) is 29.1 Å². The molecule has 1 heterocycles. The fraction of sp³-hybridized carbons (Fsp3) is 0.333. The molecule has 23 heavy (non-hydrogen) atoms. The van der Waals surface area contributed by atoms with Crippen LogP contribution in [0.1, 0.15) is 42.2 Å². The Morgan fingerprint density at radius 1 is 1.17 bits per heavy atom. The fourth-order valence-corrected chi connectivity index (χ4v) is 2.32. The minimum absolute atomic E-state index is 0.248. The number of halogens is 1. The van der Waals surface area contributed by atoms with Crippen LogP contribution >= 0.6 is 11.6 Å². The van der Waals surface area contributed by atoms with Gasteiger partial charge in [-0.1, -0.05) is 37.4 Å². The predicted molar refractivity (Wildman–Crippen MR) is 96.4 cm³/mol. The number of anilines is 2. The molecule has 0 aliphatic rings. The third-order valence-electron chi connectivity index (χ3n) is 3.53. The summed E-state index contributed by atoms with van der Waals surface area (Å²) in [6.45, 7) is 4.99. The van der Waals surface area contributed by atoms with Crippen molar-refractivity contribution in [1.82, 2.24) is 4.98 Å². The van der Waals surface area contributed by atoms with E-state index < -0.39 is 0 Å². The van der Waals surface area contributed by atoms with E-state index >= 15 is 0 Å². The van der Waals surface area contributed by atoms with E-state index in [1.54, 1.807) is 18.3 Å². The van der Waals surface area contributed by atoms with Crippen molar-refractivity contribution in [2.45, 2.75) is 33.1 Å². The molecule has 1 amide bonds. The first kappa shape index (κ1) is 17.3. The minimum Gasteiger partial charge on any atom is -0.385 e. The van der Waals surface area contributed by atoms with Crippen molar-refractivity contribution in [3.63, 3.8) is 0 Å². The van der Waals surface area contributed by atoms with Crippen LogP contribution in [0.5, 0.6) is 0 Å². The molecule has 122 valence electrons. The zero-order valence-electron chi connectivity index (χ0n) is 13.5. The van der Waals surface area contributed by atoms with Gasteiger partial charge in [0.1, 0.15) is 5.69 Å². The summed E-state index contributed by atoms with van der Waals surface area (Å²) in [5.41, 5.74) is 2.92. The number of hydrogen-bond donors (Lipinski definition) is 2. The highest BCUT2D eigenvalue weighted by Gasteiger charge is 2.09. The Labute approximate surface area is 142 Å². The van der Waals surface area contributed by atoms with E-state index in [1.165, 1.54) is 12.8 Å². The number of amides is 1. The molecule has 1 aromatic heterocycles. The highest BCUT2D eigenvalue weighted by atomic mass is 35.5. The van der Waals surface area contributed by atoms with Gasteiger partial charge in [-0.05, 0) is 43.2 Å². The first-order valence-electron chi connectivity index (χ1n) is 7.87. The molecule has 0 aliphatic carbocycles. The van der Waals surface area contributed by atoms with Crippen molar-refractivity contribution < 1.29 is 4.79 Å². The van der Waals surface area contributed by atoms with Crippen LogP contribution in [0.3, 0.4) is 0 Å². The predicted octanol–water partition coefficient (Wildman–Crippen LogP) is 4.90. The van der Waals surface area contributed by atoms with Gasteiger partial charge in [-0.3, -0.25) is 9.78 Å². The molecular weight excluding hydrogens is 310 g/mol. The SMILES string of the molecule is CCCCCNc1ccnc(C(=O)Nc2ccc(C)c(Cl)c2)c1. The van der Waals surface area contributed by atoms with Crippen molar-refractivity contribution in [1.29, 1.82) is 0 Å². The summed E-state index contributed by atoms with van der Waals surface area (Å²) in [5.74, 6) is -0.248. The lowest BCUT2D eigenvalue weighted by molar-refractivity contribution is 0.102. The first-order valence-corrected chi connectivity index (χ1v) is 8.25. The molecule has 0 unspecified atom stereocenters. The lowest BCUT2D eigenvalue weighted by atomic mass is 10.2. The van der Waals surface area contributed by atoms with Crippen LogP contribution in [-0.2, 0) is 0 Å². The van der Waals surface area contributed by atoms with Crippen LogP contribution < -0.4 is 10.6 Å². The Morgan fingerprint density at radius 3 is 2.74 bits per heavy atom. The third-order valence-corrected chi connectivity index (χ3v) is 3.94. The van der Waals surface area contributed by atoms with E-state index in [9.17, 15) is 4.79 Å². The van der Waals surface area contributed by atoms with Gasteiger partial charge in [0.05, 0.1) is 0 Å². The van der Waals surface area contributed by atoms with E-state index in [-0.39, 0.29) is 5.91 Å². The van der Waals surface area contributed by atoms with Crippen LogP contribution in [0.15, 0.2) is 36.5 Å². The molecule has 0 aliphatic heterocycles. The number of nitrogens with one attached hydrogen (secondary N) is 2. The topological polar surface area (TPSA) is 54.0 Å². The number of aryl methyl sites for hydroxylation is 1. The van der Waals surface area contributed by atoms with Gasteiger partial charge >= 0.3 is 0 Å². The van der Waals surface area contributed by atoms with E-state index in [0.717, 1.165) is 24.2 Å². The molecule has 0 saturated heterocycles. The van der Waals surface area contributed by atoms with Crippen molar-refractivity contribution >= 4 is 28.9 Å². The number of rotatable bonds is 7. The summed E-state index contributed by atoms with van der Waals surface area (Å²) in [5, 5.41) is 6.76. The summed E-state index contributed by atoms with van der Waals surface area (Å²) >= 11 is 6.07. The average molecular weight is 332 g/mol. The maximum Gasteiger partial charge on any atom is 0.274 e. The van der Waals surface area contributed by atoms with Crippen LogP contribution in [0, 0.1) is 6.92 Å². The molecule has 0 fully saturated rings. The number of aromatic nitrogens is 1.